The predicted octanol–water partition coefficient (Wildman–Crippen LogP) is -0.510. The van der Waals surface area contributed by atoms with E-state index in [0.717, 1.165) is 19.4 Å². The van der Waals surface area contributed by atoms with Crippen molar-refractivity contribution in [2.75, 3.05) is 19.8 Å². The molecule has 0 aromatic rings. The van der Waals surface area contributed by atoms with Gasteiger partial charge in [-0.3, -0.25) is 4.79 Å². The van der Waals surface area contributed by atoms with Crippen LogP contribution in [0.3, 0.4) is 0 Å². The number of nitrogens with zero attached hydrogens (tertiary/aromatic N) is 1. The summed E-state index contributed by atoms with van der Waals surface area (Å²) < 4.78 is 4.75. The van der Waals surface area contributed by atoms with Crippen LogP contribution in [0.25, 0.3) is 0 Å². The Labute approximate surface area is 80.5 Å². The fraction of sp³-hybridized carbons (Fsp3) is 0.857. The Morgan fingerprint density at radius 3 is 2.93 bits per heavy atom. The molecule has 1 rings (SSSR count). The van der Waals surface area contributed by atoms with Gasteiger partial charge in [0, 0.05) is 0 Å². The van der Waals surface area contributed by atoms with Gasteiger partial charge in [0.2, 0.25) is 0 Å². The number of ether oxygens (including phenoxy) is 1. The molecule has 0 aromatic carbocycles. The summed E-state index contributed by atoms with van der Waals surface area (Å²) in [5, 5.41) is 11.8. The van der Waals surface area contributed by atoms with Crippen LogP contribution in [0.2, 0.25) is 0 Å². The normalized spacial score (nSPS) is 20.4. The van der Waals surface area contributed by atoms with Crippen LogP contribution in [0.4, 0.5) is 0 Å². The molecule has 7 heteroatoms. The van der Waals surface area contributed by atoms with Crippen LogP contribution in [0, 0.1) is 10.1 Å². The van der Waals surface area contributed by atoms with E-state index in [-0.39, 0.29) is 25.2 Å². The van der Waals surface area contributed by atoms with Crippen LogP contribution in [0.1, 0.15) is 12.8 Å². The molecular formula is C7H12N2O5. The second-order valence-corrected chi connectivity index (χ2v) is 2.87. The standard InChI is InChI=1S/C7H12N2O5/c10-7(6-2-1-3-8-6)13-4-5-14-9(11)12/h6,8H,1-5H2/t6-/m0/s1. The fourth-order valence-electron chi connectivity index (χ4n) is 1.24. The first-order valence-electron chi connectivity index (χ1n) is 4.37. The molecule has 0 aromatic heterocycles. The summed E-state index contributed by atoms with van der Waals surface area (Å²) in [5.41, 5.74) is 0. The molecule has 1 aliphatic rings. The Morgan fingerprint density at radius 2 is 2.36 bits per heavy atom. The molecule has 0 bridgehead atoms. The molecule has 1 fully saturated rings. The van der Waals surface area contributed by atoms with Gasteiger partial charge in [-0.05, 0) is 19.4 Å². The number of nitrogens with one attached hydrogen (secondary N) is 1. The quantitative estimate of drug-likeness (QED) is 0.281. The summed E-state index contributed by atoms with van der Waals surface area (Å²) >= 11 is 0. The van der Waals surface area contributed by atoms with Crippen LogP contribution >= 0.6 is 0 Å². The average Bonchev–Trinajstić information content (AvgIpc) is 2.64. The molecule has 14 heavy (non-hydrogen) atoms. The maximum atomic E-state index is 11.2. The Morgan fingerprint density at radius 1 is 1.57 bits per heavy atom. The van der Waals surface area contributed by atoms with Gasteiger partial charge in [0.15, 0.2) is 0 Å². The molecule has 1 saturated heterocycles. The largest absolute Gasteiger partial charge is 0.462 e. The van der Waals surface area contributed by atoms with Gasteiger partial charge in [-0.15, -0.1) is 10.1 Å². The van der Waals surface area contributed by atoms with Gasteiger partial charge in [-0.1, -0.05) is 0 Å². The molecule has 0 saturated carbocycles. The second kappa shape index (κ2) is 5.38. The summed E-state index contributed by atoms with van der Waals surface area (Å²) in [4.78, 5) is 24.9. The van der Waals surface area contributed by atoms with Crippen molar-refractivity contribution in [1.82, 2.24) is 5.32 Å². The first kappa shape index (κ1) is 10.7. The van der Waals surface area contributed by atoms with Crippen LogP contribution in [-0.4, -0.2) is 36.9 Å². The van der Waals surface area contributed by atoms with Crippen molar-refractivity contribution in [3.05, 3.63) is 10.1 Å². The minimum Gasteiger partial charge on any atom is -0.462 e. The van der Waals surface area contributed by atoms with Crippen molar-refractivity contribution >= 4 is 5.97 Å². The lowest BCUT2D eigenvalue weighted by Crippen LogP contribution is -2.33. The number of hydrogen-bond donors (Lipinski definition) is 1. The van der Waals surface area contributed by atoms with E-state index in [1.807, 2.05) is 0 Å². The van der Waals surface area contributed by atoms with E-state index in [4.69, 9.17) is 4.74 Å². The molecule has 0 spiro atoms. The van der Waals surface area contributed by atoms with E-state index in [0.29, 0.717) is 0 Å². The Kier molecular flexibility index (Phi) is 4.11. The number of rotatable bonds is 5. The SMILES string of the molecule is O=C(OCCO[N+](=O)[O-])[C@@H]1CCCN1. The van der Waals surface area contributed by atoms with E-state index < -0.39 is 5.09 Å². The lowest BCUT2D eigenvalue weighted by molar-refractivity contribution is -0.757. The van der Waals surface area contributed by atoms with Crippen LogP contribution in [-0.2, 0) is 14.4 Å². The Balaban J connectivity index is 2.05. The number of carbonyl (C=O) groups excluding carboxylic acids is 1. The molecule has 0 radical (unpaired) electrons. The maximum absolute atomic E-state index is 11.2. The van der Waals surface area contributed by atoms with Crippen molar-refractivity contribution in [3.63, 3.8) is 0 Å². The summed E-state index contributed by atoms with van der Waals surface area (Å²) in [6.07, 6.45) is 1.71. The molecule has 1 N–H and O–H groups in total. The maximum Gasteiger partial charge on any atom is 0.323 e. The molecule has 80 valence electrons. The molecule has 7 nitrogen and oxygen atoms in total. The van der Waals surface area contributed by atoms with Crippen molar-refractivity contribution in [1.29, 1.82) is 0 Å². The van der Waals surface area contributed by atoms with Gasteiger partial charge in [0.25, 0.3) is 5.09 Å². The third kappa shape index (κ3) is 3.56. The van der Waals surface area contributed by atoms with Crippen molar-refractivity contribution < 1.29 is 19.5 Å². The number of hydrogen-bond acceptors (Lipinski definition) is 6. The number of esters is 1. The first-order valence-corrected chi connectivity index (χ1v) is 4.37. The summed E-state index contributed by atoms with van der Waals surface area (Å²) in [5.74, 6) is -0.366. The van der Waals surface area contributed by atoms with Crippen molar-refractivity contribution in [3.8, 4) is 0 Å². The van der Waals surface area contributed by atoms with Gasteiger partial charge in [-0.25, -0.2) is 0 Å². The predicted molar refractivity (Wildman–Crippen MR) is 44.9 cm³/mol. The van der Waals surface area contributed by atoms with Crippen LogP contribution in [0.15, 0.2) is 0 Å². The van der Waals surface area contributed by atoms with Crippen molar-refractivity contribution in [2.45, 2.75) is 18.9 Å². The van der Waals surface area contributed by atoms with Gasteiger partial charge < -0.3 is 14.9 Å². The molecule has 0 unspecified atom stereocenters. The van der Waals surface area contributed by atoms with Gasteiger partial charge >= 0.3 is 5.97 Å². The lowest BCUT2D eigenvalue weighted by atomic mass is 10.2. The van der Waals surface area contributed by atoms with Crippen LogP contribution in [0.5, 0.6) is 0 Å². The van der Waals surface area contributed by atoms with E-state index in [1.165, 1.54) is 0 Å². The third-order valence-electron chi connectivity index (χ3n) is 1.87. The lowest BCUT2D eigenvalue weighted by Gasteiger charge is -2.09. The van der Waals surface area contributed by atoms with Gasteiger partial charge in [-0.2, -0.15) is 0 Å². The highest BCUT2D eigenvalue weighted by atomic mass is 17.0. The molecular weight excluding hydrogens is 192 g/mol. The zero-order chi connectivity index (χ0) is 10.4. The van der Waals surface area contributed by atoms with E-state index in [1.54, 1.807) is 0 Å². The summed E-state index contributed by atoms with van der Waals surface area (Å²) in [6, 6.07) is -0.259. The first-order chi connectivity index (χ1) is 6.70. The topological polar surface area (TPSA) is 90.7 Å². The smallest absolute Gasteiger partial charge is 0.323 e. The van der Waals surface area contributed by atoms with Gasteiger partial charge in [0.1, 0.15) is 19.3 Å². The monoisotopic (exact) mass is 204 g/mol. The minimum absolute atomic E-state index is 0.0853. The fourth-order valence-corrected chi connectivity index (χ4v) is 1.24. The highest BCUT2D eigenvalue weighted by Gasteiger charge is 2.23. The average molecular weight is 204 g/mol. The zero-order valence-electron chi connectivity index (χ0n) is 7.60. The molecule has 1 atom stereocenters. The molecule has 0 aliphatic carbocycles. The third-order valence-corrected chi connectivity index (χ3v) is 1.87. The summed E-state index contributed by atoms with van der Waals surface area (Å²) in [7, 11) is 0. The Bertz CT molecular complexity index is 214. The zero-order valence-corrected chi connectivity index (χ0v) is 7.60. The van der Waals surface area contributed by atoms with E-state index in [9.17, 15) is 14.9 Å². The Hall–Kier alpha value is -1.37. The second-order valence-electron chi connectivity index (χ2n) is 2.87. The van der Waals surface area contributed by atoms with Crippen molar-refractivity contribution in [2.24, 2.45) is 0 Å². The van der Waals surface area contributed by atoms with Gasteiger partial charge in [0.05, 0.1) is 0 Å². The summed E-state index contributed by atoms with van der Waals surface area (Å²) in [6.45, 7) is 0.509. The molecule has 1 aliphatic heterocycles. The number of carbonyl (C=O) groups is 1. The van der Waals surface area contributed by atoms with E-state index >= 15 is 0 Å². The van der Waals surface area contributed by atoms with E-state index in [2.05, 4.69) is 10.2 Å². The minimum atomic E-state index is -0.915. The highest BCUT2D eigenvalue weighted by Crippen LogP contribution is 2.06. The van der Waals surface area contributed by atoms with Crippen LogP contribution < -0.4 is 5.32 Å². The molecule has 0 amide bonds. The molecule has 1 heterocycles. The highest BCUT2D eigenvalue weighted by molar-refractivity contribution is 5.76.